The lowest BCUT2D eigenvalue weighted by molar-refractivity contribution is 0.250. The lowest BCUT2D eigenvalue weighted by atomic mass is 10.2. The van der Waals surface area contributed by atoms with Crippen LogP contribution in [-0.2, 0) is 6.54 Å². The first kappa shape index (κ1) is 13.7. The Balaban J connectivity index is 1.58. The number of anilines is 1. The Morgan fingerprint density at radius 2 is 1.90 bits per heavy atom. The third kappa shape index (κ3) is 3.07. The molecule has 1 N–H and O–H groups in total. The highest BCUT2D eigenvalue weighted by atomic mass is 79.9. The first-order valence-electron chi connectivity index (χ1n) is 7.08. The molecule has 1 aliphatic heterocycles. The van der Waals surface area contributed by atoms with Gasteiger partial charge in [-0.1, -0.05) is 12.1 Å². The number of benzene rings is 1. The van der Waals surface area contributed by atoms with Crippen LogP contribution in [0.5, 0.6) is 0 Å². The van der Waals surface area contributed by atoms with Gasteiger partial charge in [-0.2, -0.15) is 0 Å². The molecule has 0 unspecified atom stereocenters. The molecule has 3 rings (SSSR count). The average molecular weight is 334 g/mol. The second kappa shape index (κ2) is 6.02. The number of nitrogens with one attached hydrogen (secondary N) is 1. The van der Waals surface area contributed by atoms with Gasteiger partial charge in [-0.25, -0.2) is 0 Å². The Labute approximate surface area is 128 Å². The van der Waals surface area contributed by atoms with Crippen LogP contribution in [0.2, 0.25) is 0 Å². The fourth-order valence-electron chi connectivity index (χ4n) is 2.77. The summed E-state index contributed by atoms with van der Waals surface area (Å²) in [7, 11) is 0. The molecule has 2 heterocycles. The number of aromatic amines is 1. The molecule has 3 nitrogen and oxygen atoms in total. The molecule has 1 aromatic carbocycles. The summed E-state index contributed by atoms with van der Waals surface area (Å²) in [5, 5.41) is 0. The number of aryl methyl sites for hydroxylation is 1. The minimum Gasteiger partial charge on any atom is -0.368 e. The minimum absolute atomic E-state index is 1.05. The summed E-state index contributed by atoms with van der Waals surface area (Å²) in [5.74, 6) is 0. The van der Waals surface area contributed by atoms with Crippen molar-refractivity contribution in [2.24, 2.45) is 0 Å². The number of aromatic nitrogens is 1. The molecule has 0 amide bonds. The lowest BCUT2D eigenvalue weighted by Crippen LogP contribution is -2.46. The van der Waals surface area contributed by atoms with Gasteiger partial charge in [0.15, 0.2) is 0 Å². The molecule has 0 aliphatic carbocycles. The summed E-state index contributed by atoms with van der Waals surface area (Å²) < 4.78 is 1.19. The SMILES string of the molecule is Cc1cc(CN2CCN(c3ccccc3Br)CC2)c[nH]1. The zero-order valence-electron chi connectivity index (χ0n) is 11.8. The van der Waals surface area contributed by atoms with E-state index in [1.54, 1.807) is 0 Å². The second-order valence-corrected chi connectivity index (χ2v) is 6.26. The van der Waals surface area contributed by atoms with E-state index in [0.29, 0.717) is 0 Å². The van der Waals surface area contributed by atoms with Gasteiger partial charge in [0.1, 0.15) is 0 Å². The molecule has 0 radical (unpaired) electrons. The van der Waals surface area contributed by atoms with Crippen LogP contribution in [0.25, 0.3) is 0 Å². The van der Waals surface area contributed by atoms with Gasteiger partial charge >= 0.3 is 0 Å². The molecule has 1 fully saturated rings. The van der Waals surface area contributed by atoms with Crippen molar-refractivity contribution in [2.45, 2.75) is 13.5 Å². The van der Waals surface area contributed by atoms with Crippen molar-refractivity contribution in [3.63, 3.8) is 0 Å². The Bertz CT molecular complexity index is 571. The van der Waals surface area contributed by atoms with E-state index in [1.165, 1.54) is 21.4 Å². The van der Waals surface area contributed by atoms with Crippen LogP contribution in [0.3, 0.4) is 0 Å². The van der Waals surface area contributed by atoms with Crippen LogP contribution < -0.4 is 4.90 Å². The van der Waals surface area contributed by atoms with Crippen molar-refractivity contribution < 1.29 is 0 Å². The summed E-state index contributed by atoms with van der Waals surface area (Å²) in [5.41, 5.74) is 3.94. The molecule has 1 aliphatic rings. The smallest absolute Gasteiger partial charge is 0.0511 e. The summed E-state index contributed by atoms with van der Waals surface area (Å²) in [6.45, 7) is 7.57. The van der Waals surface area contributed by atoms with Crippen LogP contribution in [0.1, 0.15) is 11.3 Å². The van der Waals surface area contributed by atoms with Crippen molar-refractivity contribution in [3.05, 3.63) is 52.3 Å². The highest BCUT2D eigenvalue weighted by molar-refractivity contribution is 9.10. The standard InChI is InChI=1S/C16H20BrN3/c1-13-10-14(11-18-13)12-19-6-8-20(9-7-19)16-5-3-2-4-15(16)17/h2-5,10-11,18H,6-9,12H2,1H3. The normalized spacial score (nSPS) is 16.6. The van der Waals surface area contributed by atoms with Crippen molar-refractivity contribution in [3.8, 4) is 0 Å². The fourth-order valence-corrected chi connectivity index (χ4v) is 3.31. The molecule has 0 bridgehead atoms. The van der Waals surface area contributed by atoms with E-state index < -0.39 is 0 Å². The topological polar surface area (TPSA) is 22.3 Å². The van der Waals surface area contributed by atoms with Crippen LogP contribution >= 0.6 is 15.9 Å². The molecule has 106 valence electrons. The van der Waals surface area contributed by atoms with Crippen LogP contribution in [0.15, 0.2) is 41.0 Å². The van der Waals surface area contributed by atoms with E-state index in [9.17, 15) is 0 Å². The monoisotopic (exact) mass is 333 g/mol. The lowest BCUT2D eigenvalue weighted by Gasteiger charge is -2.36. The van der Waals surface area contributed by atoms with E-state index in [0.717, 1.165) is 32.7 Å². The molecule has 2 aromatic rings. The Morgan fingerprint density at radius 3 is 2.55 bits per heavy atom. The van der Waals surface area contributed by atoms with Crippen molar-refractivity contribution in [1.29, 1.82) is 0 Å². The number of hydrogen-bond acceptors (Lipinski definition) is 2. The molecular weight excluding hydrogens is 314 g/mol. The summed E-state index contributed by atoms with van der Waals surface area (Å²) in [6.07, 6.45) is 2.12. The number of H-pyrrole nitrogens is 1. The van der Waals surface area contributed by atoms with Gasteiger partial charge in [0.05, 0.1) is 5.69 Å². The summed E-state index contributed by atoms with van der Waals surface area (Å²) >= 11 is 3.64. The summed E-state index contributed by atoms with van der Waals surface area (Å²) in [6, 6.07) is 10.7. The average Bonchev–Trinajstić information content (AvgIpc) is 2.86. The van der Waals surface area contributed by atoms with E-state index in [2.05, 4.69) is 74.2 Å². The van der Waals surface area contributed by atoms with Crippen LogP contribution in [0.4, 0.5) is 5.69 Å². The van der Waals surface area contributed by atoms with Crippen molar-refractivity contribution >= 4 is 21.6 Å². The van der Waals surface area contributed by atoms with E-state index in [4.69, 9.17) is 0 Å². The van der Waals surface area contributed by atoms with Gasteiger partial charge < -0.3 is 9.88 Å². The third-order valence-corrected chi connectivity index (χ3v) is 4.53. The number of nitrogens with zero attached hydrogens (tertiary/aromatic N) is 2. The van der Waals surface area contributed by atoms with Gasteiger partial charge in [-0.3, -0.25) is 4.90 Å². The Kier molecular flexibility index (Phi) is 4.13. The van der Waals surface area contributed by atoms with Crippen molar-refractivity contribution in [2.75, 3.05) is 31.1 Å². The fraction of sp³-hybridized carbons (Fsp3) is 0.375. The second-order valence-electron chi connectivity index (χ2n) is 5.41. The largest absolute Gasteiger partial charge is 0.368 e. The van der Waals surface area contributed by atoms with Crippen LogP contribution in [-0.4, -0.2) is 36.1 Å². The maximum Gasteiger partial charge on any atom is 0.0511 e. The van der Waals surface area contributed by atoms with Gasteiger partial charge in [0.25, 0.3) is 0 Å². The number of halogens is 1. The number of piperazine rings is 1. The maximum atomic E-state index is 3.64. The van der Waals surface area contributed by atoms with Crippen molar-refractivity contribution in [1.82, 2.24) is 9.88 Å². The minimum atomic E-state index is 1.05. The number of hydrogen-bond donors (Lipinski definition) is 1. The van der Waals surface area contributed by atoms with Gasteiger partial charge in [-0.05, 0) is 46.6 Å². The summed E-state index contributed by atoms with van der Waals surface area (Å²) in [4.78, 5) is 8.24. The van der Waals surface area contributed by atoms with E-state index in [1.807, 2.05) is 0 Å². The van der Waals surface area contributed by atoms with E-state index in [-0.39, 0.29) is 0 Å². The molecule has 0 atom stereocenters. The van der Waals surface area contributed by atoms with E-state index >= 15 is 0 Å². The zero-order valence-corrected chi connectivity index (χ0v) is 13.4. The maximum absolute atomic E-state index is 3.64. The highest BCUT2D eigenvalue weighted by Gasteiger charge is 2.18. The first-order chi connectivity index (χ1) is 9.72. The predicted molar refractivity (Wildman–Crippen MR) is 87.2 cm³/mol. The Hall–Kier alpha value is -1.26. The molecule has 1 saturated heterocycles. The molecule has 1 aromatic heterocycles. The quantitative estimate of drug-likeness (QED) is 0.929. The molecule has 4 heteroatoms. The molecule has 0 spiro atoms. The number of rotatable bonds is 3. The Morgan fingerprint density at radius 1 is 1.15 bits per heavy atom. The first-order valence-corrected chi connectivity index (χ1v) is 7.87. The highest BCUT2D eigenvalue weighted by Crippen LogP contribution is 2.26. The molecule has 0 saturated carbocycles. The zero-order chi connectivity index (χ0) is 13.9. The van der Waals surface area contributed by atoms with Gasteiger partial charge in [0.2, 0.25) is 0 Å². The molecular formula is C16H20BrN3. The van der Waals surface area contributed by atoms with Gasteiger partial charge in [0, 0.05) is 49.1 Å². The molecule has 20 heavy (non-hydrogen) atoms. The van der Waals surface area contributed by atoms with Gasteiger partial charge in [-0.15, -0.1) is 0 Å². The number of para-hydroxylation sites is 1. The predicted octanol–water partition coefficient (Wildman–Crippen LogP) is 3.41. The third-order valence-electron chi connectivity index (χ3n) is 3.86. The van der Waals surface area contributed by atoms with Crippen LogP contribution in [0, 0.1) is 6.92 Å².